The number of Topliss-reactive ketones (excluding diaryl/α,β-unsaturated/α-hetero) is 1. The molecule has 19 heavy (non-hydrogen) atoms. The molecule has 0 atom stereocenters. The SMILES string of the molecule is CCC(=O)c1cccc(Oc2ccc(Br)c(F)c2)c1. The van der Waals surface area contributed by atoms with Crippen LogP contribution in [0.3, 0.4) is 0 Å². The number of halogens is 2. The van der Waals surface area contributed by atoms with Crippen LogP contribution in [0.15, 0.2) is 46.9 Å². The van der Waals surface area contributed by atoms with E-state index in [1.807, 2.05) is 0 Å². The van der Waals surface area contributed by atoms with E-state index in [0.29, 0.717) is 28.0 Å². The molecule has 2 aromatic rings. The van der Waals surface area contributed by atoms with Crippen molar-refractivity contribution in [2.24, 2.45) is 0 Å². The van der Waals surface area contributed by atoms with Crippen LogP contribution in [0.25, 0.3) is 0 Å². The molecule has 0 spiro atoms. The van der Waals surface area contributed by atoms with Crippen molar-refractivity contribution >= 4 is 21.7 Å². The molecule has 2 rings (SSSR count). The molecule has 0 bridgehead atoms. The number of benzene rings is 2. The van der Waals surface area contributed by atoms with Gasteiger partial charge in [0.1, 0.15) is 17.3 Å². The zero-order valence-corrected chi connectivity index (χ0v) is 11.9. The molecule has 2 aromatic carbocycles. The zero-order valence-electron chi connectivity index (χ0n) is 10.3. The minimum absolute atomic E-state index is 0.0486. The fraction of sp³-hybridized carbons (Fsp3) is 0.133. The van der Waals surface area contributed by atoms with Crippen molar-refractivity contribution in [3.05, 3.63) is 58.3 Å². The molecular formula is C15H12BrFO2. The maximum absolute atomic E-state index is 13.4. The Hall–Kier alpha value is -1.68. The van der Waals surface area contributed by atoms with Gasteiger partial charge in [0.25, 0.3) is 0 Å². The first kappa shape index (κ1) is 13.7. The number of carbonyl (C=O) groups excluding carboxylic acids is 1. The Morgan fingerprint density at radius 2 is 1.95 bits per heavy atom. The van der Waals surface area contributed by atoms with Gasteiger partial charge in [-0.2, -0.15) is 0 Å². The summed E-state index contributed by atoms with van der Waals surface area (Å²) in [6, 6.07) is 11.4. The van der Waals surface area contributed by atoms with Crippen molar-refractivity contribution in [2.45, 2.75) is 13.3 Å². The van der Waals surface area contributed by atoms with Gasteiger partial charge in [0.05, 0.1) is 4.47 Å². The second-order valence-corrected chi connectivity index (χ2v) is 4.84. The van der Waals surface area contributed by atoms with Crippen LogP contribution in [0.4, 0.5) is 4.39 Å². The fourth-order valence-electron chi connectivity index (χ4n) is 1.61. The van der Waals surface area contributed by atoms with Crippen LogP contribution in [0.5, 0.6) is 11.5 Å². The minimum atomic E-state index is -0.390. The number of hydrogen-bond donors (Lipinski definition) is 0. The van der Waals surface area contributed by atoms with E-state index >= 15 is 0 Å². The molecule has 0 unspecified atom stereocenters. The molecule has 0 fully saturated rings. The molecule has 0 aliphatic carbocycles. The van der Waals surface area contributed by atoms with E-state index in [4.69, 9.17) is 4.74 Å². The number of rotatable bonds is 4. The smallest absolute Gasteiger partial charge is 0.162 e. The Morgan fingerprint density at radius 1 is 1.21 bits per heavy atom. The Bertz CT molecular complexity index is 611. The number of ketones is 1. The second kappa shape index (κ2) is 5.97. The number of carbonyl (C=O) groups is 1. The average molecular weight is 323 g/mol. The van der Waals surface area contributed by atoms with Crippen LogP contribution in [0.1, 0.15) is 23.7 Å². The van der Waals surface area contributed by atoms with Gasteiger partial charge in [-0.1, -0.05) is 19.1 Å². The van der Waals surface area contributed by atoms with Crippen molar-refractivity contribution in [1.82, 2.24) is 0 Å². The Morgan fingerprint density at radius 3 is 2.63 bits per heavy atom. The van der Waals surface area contributed by atoms with Gasteiger partial charge in [-0.3, -0.25) is 4.79 Å². The molecule has 0 saturated carbocycles. The summed E-state index contributed by atoms with van der Waals surface area (Å²) in [5.74, 6) is 0.563. The third-order valence-corrected chi connectivity index (χ3v) is 3.25. The minimum Gasteiger partial charge on any atom is -0.457 e. The molecule has 0 aliphatic rings. The van der Waals surface area contributed by atoms with Crippen LogP contribution in [-0.2, 0) is 0 Å². The largest absolute Gasteiger partial charge is 0.457 e. The van der Waals surface area contributed by atoms with E-state index in [1.165, 1.54) is 6.07 Å². The van der Waals surface area contributed by atoms with E-state index in [1.54, 1.807) is 43.3 Å². The number of hydrogen-bond acceptors (Lipinski definition) is 2. The van der Waals surface area contributed by atoms with Gasteiger partial charge in [0, 0.05) is 18.1 Å². The molecular weight excluding hydrogens is 311 g/mol. The molecule has 0 aromatic heterocycles. The highest BCUT2D eigenvalue weighted by Gasteiger charge is 2.06. The predicted octanol–water partition coefficient (Wildman–Crippen LogP) is 4.97. The van der Waals surface area contributed by atoms with Crippen LogP contribution < -0.4 is 4.74 Å². The monoisotopic (exact) mass is 322 g/mol. The standard InChI is InChI=1S/C15H12BrFO2/c1-2-15(18)10-4-3-5-11(8-10)19-12-6-7-13(16)14(17)9-12/h3-9H,2H2,1H3. The summed E-state index contributed by atoms with van der Waals surface area (Å²) in [7, 11) is 0. The average Bonchev–Trinajstić information content (AvgIpc) is 2.42. The number of ether oxygens (including phenoxy) is 1. The van der Waals surface area contributed by atoms with Gasteiger partial charge < -0.3 is 4.74 Å². The first-order chi connectivity index (χ1) is 9.10. The van der Waals surface area contributed by atoms with E-state index in [0.717, 1.165) is 0 Å². The van der Waals surface area contributed by atoms with Crippen LogP contribution in [0.2, 0.25) is 0 Å². The Balaban J connectivity index is 2.23. The lowest BCUT2D eigenvalue weighted by molar-refractivity contribution is 0.0988. The Kier molecular flexibility index (Phi) is 4.32. The third-order valence-electron chi connectivity index (χ3n) is 2.60. The van der Waals surface area contributed by atoms with E-state index in [9.17, 15) is 9.18 Å². The molecule has 0 heterocycles. The lowest BCUT2D eigenvalue weighted by Crippen LogP contribution is -1.96. The molecule has 0 N–H and O–H groups in total. The first-order valence-corrected chi connectivity index (χ1v) is 6.65. The van der Waals surface area contributed by atoms with Gasteiger partial charge in [-0.15, -0.1) is 0 Å². The maximum atomic E-state index is 13.4. The maximum Gasteiger partial charge on any atom is 0.162 e. The van der Waals surface area contributed by atoms with E-state index in [-0.39, 0.29) is 5.78 Å². The van der Waals surface area contributed by atoms with Gasteiger partial charge in [-0.25, -0.2) is 4.39 Å². The quantitative estimate of drug-likeness (QED) is 0.742. The molecule has 0 saturated heterocycles. The van der Waals surface area contributed by atoms with Crippen LogP contribution >= 0.6 is 15.9 Å². The normalized spacial score (nSPS) is 10.3. The molecule has 4 heteroatoms. The van der Waals surface area contributed by atoms with Gasteiger partial charge >= 0.3 is 0 Å². The van der Waals surface area contributed by atoms with Crippen molar-refractivity contribution in [3.63, 3.8) is 0 Å². The summed E-state index contributed by atoms with van der Waals surface area (Å²) in [5.41, 5.74) is 0.595. The van der Waals surface area contributed by atoms with Crippen molar-refractivity contribution in [3.8, 4) is 11.5 Å². The molecule has 0 amide bonds. The fourth-order valence-corrected chi connectivity index (χ4v) is 1.86. The summed E-state index contributed by atoms with van der Waals surface area (Å²) in [5, 5.41) is 0. The molecule has 0 aliphatic heterocycles. The second-order valence-electron chi connectivity index (χ2n) is 3.98. The van der Waals surface area contributed by atoms with Crippen molar-refractivity contribution < 1.29 is 13.9 Å². The van der Waals surface area contributed by atoms with Crippen LogP contribution in [0, 0.1) is 5.82 Å². The van der Waals surface area contributed by atoms with Gasteiger partial charge in [0.15, 0.2) is 5.78 Å². The lowest BCUT2D eigenvalue weighted by Gasteiger charge is -2.07. The summed E-state index contributed by atoms with van der Waals surface area (Å²) in [6.45, 7) is 1.81. The topological polar surface area (TPSA) is 26.3 Å². The molecule has 2 nitrogen and oxygen atoms in total. The summed E-state index contributed by atoms with van der Waals surface area (Å²) in [4.78, 5) is 11.6. The first-order valence-electron chi connectivity index (χ1n) is 5.86. The lowest BCUT2D eigenvalue weighted by atomic mass is 10.1. The third kappa shape index (κ3) is 3.41. The highest BCUT2D eigenvalue weighted by atomic mass is 79.9. The Labute approximate surface area is 119 Å². The van der Waals surface area contributed by atoms with Crippen molar-refractivity contribution in [1.29, 1.82) is 0 Å². The highest BCUT2D eigenvalue weighted by molar-refractivity contribution is 9.10. The summed E-state index contributed by atoms with van der Waals surface area (Å²) < 4.78 is 19.3. The van der Waals surface area contributed by atoms with E-state index in [2.05, 4.69) is 15.9 Å². The van der Waals surface area contributed by atoms with E-state index < -0.39 is 5.82 Å². The zero-order chi connectivity index (χ0) is 13.8. The molecule has 98 valence electrons. The predicted molar refractivity (Wildman–Crippen MR) is 75.2 cm³/mol. The summed E-state index contributed by atoms with van der Waals surface area (Å²) >= 11 is 3.08. The summed E-state index contributed by atoms with van der Waals surface area (Å²) in [6.07, 6.45) is 0.441. The van der Waals surface area contributed by atoms with Gasteiger partial charge in [-0.05, 0) is 40.2 Å². The van der Waals surface area contributed by atoms with Crippen LogP contribution in [-0.4, -0.2) is 5.78 Å². The highest BCUT2D eigenvalue weighted by Crippen LogP contribution is 2.26. The van der Waals surface area contributed by atoms with Gasteiger partial charge in [0.2, 0.25) is 0 Å². The van der Waals surface area contributed by atoms with Crippen molar-refractivity contribution in [2.75, 3.05) is 0 Å². The molecule has 0 radical (unpaired) electrons.